The van der Waals surface area contributed by atoms with Crippen LogP contribution in [-0.2, 0) is 4.79 Å². The maximum atomic E-state index is 13.2. The van der Waals surface area contributed by atoms with Crippen molar-refractivity contribution in [3.8, 4) is 28.6 Å². The lowest BCUT2D eigenvalue weighted by Crippen LogP contribution is -2.32. The van der Waals surface area contributed by atoms with Crippen molar-refractivity contribution in [1.29, 1.82) is 0 Å². The summed E-state index contributed by atoms with van der Waals surface area (Å²) in [4.78, 5) is 32.6. The van der Waals surface area contributed by atoms with Gasteiger partial charge in [0.05, 0.1) is 5.03 Å². The summed E-state index contributed by atoms with van der Waals surface area (Å²) in [5.74, 6) is 0.829. The van der Waals surface area contributed by atoms with Crippen LogP contribution in [0.5, 0.6) is 6.01 Å². The number of H-pyrrole nitrogens is 1. The number of carbonyl (C=O) groups excluding carboxylic acids is 1. The minimum atomic E-state index is -0.700. The van der Waals surface area contributed by atoms with Gasteiger partial charge in [0.2, 0.25) is 0 Å². The van der Waals surface area contributed by atoms with Gasteiger partial charge in [-0.3, -0.25) is 9.36 Å². The molecule has 1 N–H and O–H groups in total. The van der Waals surface area contributed by atoms with Crippen LogP contribution in [0.4, 0.5) is 0 Å². The fraction of sp³-hybridized carbons (Fsp3) is 0.217. The monoisotopic (exact) mass is 446 g/mol. The van der Waals surface area contributed by atoms with Crippen molar-refractivity contribution in [3.63, 3.8) is 0 Å². The number of pyridine rings is 1. The third-order valence-electron chi connectivity index (χ3n) is 5.71. The summed E-state index contributed by atoms with van der Waals surface area (Å²) in [5.41, 5.74) is 3.21. The minimum absolute atomic E-state index is 0.121. The van der Waals surface area contributed by atoms with Gasteiger partial charge in [0.1, 0.15) is 11.7 Å². The lowest BCUT2D eigenvalue weighted by atomic mass is 10.0. The molecule has 0 spiro atoms. The summed E-state index contributed by atoms with van der Waals surface area (Å²) < 4.78 is 12.6. The number of aromatic amines is 1. The van der Waals surface area contributed by atoms with Crippen molar-refractivity contribution in [1.82, 2.24) is 19.7 Å². The van der Waals surface area contributed by atoms with Crippen molar-refractivity contribution < 1.29 is 14.1 Å². The number of nitrogens with one attached hydrogen (secondary N) is 1. The zero-order valence-corrected chi connectivity index (χ0v) is 17.7. The number of hydrogen-bond donors (Lipinski definition) is 1. The summed E-state index contributed by atoms with van der Waals surface area (Å²) >= 11 is 1.51. The highest BCUT2D eigenvalue weighted by atomic mass is 32.2. The van der Waals surface area contributed by atoms with Gasteiger partial charge >= 0.3 is 12.0 Å². The topological polar surface area (TPSA) is 103 Å². The Morgan fingerprint density at radius 3 is 2.81 bits per heavy atom. The Balaban J connectivity index is 1.41. The zero-order chi connectivity index (χ0) is 21.7. The Kier molecular flexibility index (Phi) is 4.50. The van der Waals surface area contributed by atoms with Crippen LogP contribution < -0.4 is 10.3 Å². The van der Waals surface area contributed by atoms with Crippen molar-refractivity contribution in [2.24, 2.45) is 0 Å². The van der Waals surface area contributed by atoms with Crippen molar-refractivity contribution in [2.45, 2.75) is 29.8 Å². The highest BCUT2D eigenvalue weighted by Crippen LogP contribution is 2.50. The zero-order valence-electron chi connectivity index (χ0n) is 16.9. The number of thioether (sulfide) groups is 1. The van der Waals surface area contributed by atoms with Crippen LogP contribution in [0.3, 0.4) is 0 Å². The normalized spacial score (nSPS) is 17.3. The number of hydrogen-bond acceptors (Lipinski definition) is 7. The predicted molar refractivity (Wildman–Crippen MR) is 118 cm³/mol. The average Bonchev–Trinajstić information content (AvgIpc) is 3.21. The number of aromatic nitrogens is 4. The quantitative estimate of drug-likeness (QED) is 0.462. The van der Waals surface area contributed by atoms with Gasteiger partial charge in [-0.1, -0.05) is 35.5 Å². The predicted octanol–water partition coefficient (Wildman–Crippen LogP) is 4.02. The van der Waals surface area contributed by atoms with Crippen LogP contribution in [0.1, 0.15) is 30.4 Å². The molecule has 9 heteroatoms. The van der Waals surface area contributed by atoms with E-state index >= 15 is 0 Å². The standard InChI is InChI=1S/C23H18N4O4S/c28-19-10-15(18-11-16(26-31-18)13-4-2-1-3-5-13)20(14-6-7-14)21-27(19)17(12-32-21)22(29)30-23-24-8-9-25-23/h1-5,8-11,14,17H,6-7,12H2,(H,24,25). The van der Waals surface area contributed by atoms with Crippen LogP contribution in [-0.4, -0.2) is 31.4 Å². The van der Waals surface area contributed by atoms with E-state index in [9.17, 15) is 9.59 Å². The highest BCUT2D eigenvalue weighted by Gasteiger charge is 2.39. The van der Waals surface area contributed by atoms with Gasteiger partial charge in [0.25, 0.3) is 5.56 Å². The van der Waals surface area contributed by atoms with Gasteiger partial charge in [-0.2, -0.15) is 0 Å². The minimum Gasteiger partial charge on any atom is -0.391 e. The SMILES string of the molecule is O=C(Oc1ncc[nH]1)C1CSc2c(C3CC3)c(-c3cc(-c4ccccc4)no3)cc(=O)n21. The van der Waals surface area contributed by atoms with Crippen LogP contribution in [0.25, 0.3) is 22.6 Å². The van der Waals surface area contributed by atoms with Gasteiger partial charge in [-0.25, -0.2) is 9.78 Å². The molecule has 160 valence electrons. The van der Waals surface area contributed by atoms with Crippen LogP contribution in [0, 0.1) is 0 Å². The van der Waals surface area contributed by atoms with E-state index in [0.717, 1.165) is 40.3 Å². The molecule has 0 saturated heterocycles. The Hall–Kier alpha value is -3.59. The summed E-state index contributed by atoms with van der Waals surface area (Å²) in [6, 6.07) is 12.6. The molecule has 1 aliphatic carbocycles. The summed E-state index contributed by atoms with van der Waals surface area (Å²) in [5, 5.41) is 5.03. The van der Waals surface area contributed by atoms with E-state index in [1.54, 1.807) is 16.8 Å². The molecule has 1 atom stereocenters. The molecule has 1 aromatic carbocycles. The lowest BCUT2D eigenvalue weighted by molar-refractivity contribution is -0.138. The first-order valence-corrected chi connectivity index (χ1v) is 11.3. The summed E-state index contributed by atoms with van der Waals surface area (Å²) in [7, 11) is 0. The number of fused-ring (bicyclic) bond motifs is 1. The second-order valence-electron chi connectivity index (χ2n) is 7.84. The van der Waals surface area contributed by atoms with E-state index in [1.807, 2.05) is 36.4 Å². The van der Waals surface area contributed by atoms with Crippen molar-refractivity contribution in [3.05, 3.63) is 70.8 Å². The van der Waals surface area contributed by atoms with Gasteiger partial charge in [-0.05, 0) is 24.3 Å². The molecule has 3 aromatic heterocycles. The molecule has 0 bridgehead atoms. The number of benzene rings is 1. The smallest absolute Gasteiger partial charge is 0.337 e. The van der Waals surface area contributed by atoms with Gasteiger partial charge in [-0.15, -0.1) is 11.8 Å². The Morgan fingerprint density at radius 1 is 1.22 bits per heavy atom. The van der Waals surface area contributed by atoms with Gasteiger partial charge in [0, 0.05) is 41.4 Å². The average molecular weight is 446 g/mol. The molecule has 1 saturated carbocycles. The number of nitrogens with zero attached hydrogens (tertiary/aromatic N) is 3. The Bertz CT molecular complexity index is 1360. The third-order valence-corrected chi connectivity index (χ3v) is 6.88. The van der Waals surface area contributed by atoms with Crippen molar-refractivity contribution in [2.75, 3.05) is 5.75 Å². The first-order valence-electron chi connectivity index (χ1n) is 10.3. The van der Waals surface area contributed by atoms with Gasteiger partial charge < -0.3 is 14.2 Å². The molecular weight excluding hydrogens is 428 g/mol. The molecule has 1 aliphatic heterocycles. The molecule has 0 amide bonds. The molecule has 32 heavy (non-hydrogen) atoms. The van der Waals surface area contributed by atoms with E-state index < -0.39 is 12.0 Å². The highest BCUT2D eigenvalue weighted by molar-refractivity contribution is 7.99. The Morgan fingerprint density at radius 2 is 2.06 bits per heavy atom. The fourth-order valence-electron chi connectivity index (χ4n) is 4.05. The first kappa shape index (κ1) is 19.1. The molecule has 8 nitrogen and oxygen atoms in total. The second kappa shape index (κ2) is 7.52. The first-order chi connectivity index (χ1) is 15.7. The maximum absolute atomic E-state index is 13.2. The number of imidazole rings is 1. The van der Waals surface area contributed by atoms with Crippen LogP contribution in [0.15, 0.2) is 69.2 Å². The summed E-state index contributed by atoms with van der Waals surface area (Å²) in [6.07, 6.45) is 5.16. The van der Waals surface area contributed by atoms with Crippen LogP contribution >= 0.6 is 11.8 Å². The third kappa shape index (κ3) is 3.25. The van der Waals surface area contributed by atoms with E-state index in [0.29, 0.717) is 17.4 Å². The van der Waals surface area contributed by atoms with E-state index in [1.165, 1.54) is 18.0 Å². The Labute approximate surface area is 186 Å². The summed E-state index contributed by atoms with van der Waals surface area (Å²) in [6.45, 7) is 0. The molecule has 6 rings (SSSR count). The number of esters is 1. The molecule has 1 fully saturated rings. The number of rotatable bonds is 5. The molecule has 1 unspecified atom stereocenters. The second-order valence-corrected chi connectivity index (χ2v) is 8.85. The van der Waals surface area contributed by atoms with E-state index in [-0.39, 0.29) is 11.6 Å². The molecule has 4 aromatic rings. The van der Waals surface area contributed by atoms with E-state index in [4.69, 9.17) is 9.26 Å². The number of ether oxygens (including phenoxy) is 1. The molecule has 0 radical (unpaired) electrons. The van der Waals surface area contributed by atoms with Gasteiger partial charge in [0.15, 0.2) is 5.76 Å². The lowest BCUT2D eigenvalue weighted by Gasteiger charge is -2.15. The molecule has 2 aliphatic rings. The largest absolute Gasteiger partial charge is 0.391 e. The fourth-order valence-corrected chi connectivity index (χ4v) is 5.44. The van der Waals surface area contributed by atoms with Crippen LogP contribution in [0.2, 0.25) is 0 Å². The maximum Gasteiger partial charge on any atom is 0.337 e. The van der Waals surface area contributed by atoms with E-state index in [2.05, 4.69) is 15.1 Å². The number of carbonyl (C=O) groups is 1. The van der Waals surface area contributed by atoms with Crippen molar-refractivity contribution >= 4 is 17.7 Å². The molecule has 4 heterocycles. The molecular formula is C23H18N4O4S.